The first-order valence-electron chi connectivity index (χ1n) is 10.6. The number of nitrogens with one attached hydrogen (secondary N) is 1. The van der Waals surface area contributed by atoms with Crippen LogP contribution >= 0.6 is 31.9 Å². The molecule has 0 atom stereocenters. The average molecular weight is 610 g/mol. The maximum Gasteiger partial charge on any atom is 0.418 e. The smallest absolute Gasteiger partial charge is 0.383 e. The summed E-state index contributed by atoms with van der Waals surface area (Å²) in [5.41, 5.74) is 6.96. The number of halogens is 5. The van der Waals surface area contributed by atoms with Crippen LogP contribution in [0.15, 0.2) is 55.6 Å². The molecule has 1 aromatic heterocycles. The Hall–Kier alpha value is -2.97. The van der Waals surface area contributed by atoms with Gasteiger partial charge in [-0.25, -0.2) is 4.98 Å². The fourth-order valence-corrected chi connectivity index (χ4v) is 4.63. The number of nitrogens with two attached hydrogens (primary N) is 1. The molecule has 0 aliphatic heterocycles. The number of anilines is 3. The summed E-state index contributed by atoms with van der Waals surface area (Å²) in [5, 5.41) is 20.6. The predicted molar refractivity (Wildman–Crippen MR) is 137 cm³/mol. The molecule has 2 aromatic carbocycles. The molecular weight excluding hydrogens is 589 g/mol. The largest absolute Gasteiger partial charge is 0.418 e. The molecule has 35 heavy (non-hydrogen) atoms. The number of nitriles is 1. The molecule has 0 aliphatic rings. The van der Waals surface area contributed by atoms with Gasteiger partial charge in [0.1, 0.15) is 23.3 Å². The molecule has 0 spiro atoms. The molecule has 3 N–H and O–H groups in total. The second-order valence-electron chi connectivity index (χ2n) is 7.71. The van der Waals surface area contributed by atoms with E-state index in [-0.39, 0.29) is 31.8 Å². The number of alkyl halides is 3. The van der Waals surface area contributed by atoms with Gasteiger partial charge in [0.05, 0.1) is 11.1 Å². The van der Waals surface area contributed by atoms with Crippen molar-refractivity contribution in [2.45, 2.75) is 39.3 Å². The maximum absolute atomic E-state index is 13.6. The zero-order valence-electron chi connectivity index (χ0n) is 18.8. The fourth-order valence-electron chi connectivity index (χ4n) is 3.32. The Morgan fingerprint density at radius 2 is 1.77 bits per heavy atom. The van der Waals surface area contributed by atoms with Crippen molar-refractivity contribution >= 4 is 60.6 Å². The van der Waals surface area contributed by atoms with Gasteiger partial charge >= 0.3 is 6.18 Å². The van der Waals surface area contributed by atoms with Gasteiger partial charge in [0.2, 0.25) is 0 Å². The summed E-state index contributed by atoms with van der Waals surface area (Å²) < 4.78 is 41.2. The van der Waals surface area contributed by atoms with Gasteiger partial charge in [-0.3, -0.25) is 0 Å². The van der Waals surface area contributed by atoms with Crippen LogP contribution in [0.25, 0.3) is 0 Å². The molecule has 0 saturated carbocycles. The first kappa shape index (κ1) is 26.6. The number of hydrogen-bond donors (Lipinski definition) is 2. The second-order valence-corrected chi connectivity index (χ2v) is 9.48. The van der Waals surface area contributed by atoms with Crippen LogP contribution in [0.5, 0.6) is 0 Å². The van der Waals surface area contributed by atoms with Crippen LogP contribution < -0.4 is 11.1 Å². The summed E-state index contributed by atoms with van der Waals surface area (Å²) in [7, 11) is 0. The van der Waals surface area contributed by atoms with Crippen LogP contribution in [0.4, 0.5) is 41.9 Å². The van der Waals surface area contributed by atoms with Gasteiger partial charge in [-0.15, -0.1) is 10.2 Å². The fraction of sp³-hybridized carbons (Fsp3) is 0.250. The van der Waals surface area contributed by atoms with Gasteiger partial charge in [0.25, 0.3) is 0 Å². The lowest BCUT2D eigenvalue weighted by molar-refractivity contribution is -0.137. The van der Waals surface area contributed by atoms with Crippen LogP contribution in [0.3, 0.4) is 0 Å². The number of pyridine rings is 1. The van der Waals surface area contributed by atoms with E-state index in [1.807, 2.05) is 30.3 Å². The van der Waals surface area contributed by atoms with Crippen molar-refractivity contribution in [1.29, 1.82) is 5.26 Å². The molecule has 3 aromatic rings. The van der Waals surface area contributed by atoms with E-state index in [2.05, 4.69) is 59.3 Å². The van der Waals surface area contributed by atoms with E-state index in [0.29, 0.717) is 11.3 Å². The molecule has 0 amide bonds. The van der Waals surface area contributed by atoms with Crippen molar-refractivity contribution in [3.8, 4) is 6.07 Å². The normalized spacial score (nSPS) is 11.6. The quantitative estimate of drug-likeness (QED) is 0.261. The molecule has 1 heterocycles. The van der Waals surface area contributed by atoms with Gasteiger partial charge in [-0.2, -0.15) is 18.4 Å². The minimum absolute atomic E-state index is 0.0215. The number of hydrogen-bond acceptors (Lipinski definition) is 6. The highest BCUT2D eigenvalue weighted by molar-refractivity contribution is 9.11. The van der Waals surface area contributed by atoms with E-state index in [1.54, 1.807) is 6.92 Å². The summed E-state index contributed by atoms with van der Waals surface area (Å²) in [5.74, 6) is 0.151. The van der Waals surface area contributed by atoms with Gasteiger partial charge < -0.3 is 11.1 Å². The Kier molecular flexibility index (Phi) is 8.51. The minimum atomic E-state index is -4.66. The highest BCUT2D eigenvalue weighted by atomic mass is 79.9. The molecule has 6 nitrogen and oxygen atoms in total. The minimum Gasteiger partial charge on any atom is -0.383 e. The highest BCUT2D eigenvalue weighted by Gasteiger charge is 2.35. The molecule has 0 fully saturated rings. The number of aryl methyl sites for hydroxylation is 1. The Morgan fingerprint density at radius 3 is 2.37 bits per heavy atom. The number of unbranched alkanes of at least 4 members (excludes halogenated alkanes) is 1. The van der Waals surface area contributed by atoms with E-state index in [4.69, 9.17) is 5.73 Å². The molecule has 0 bridgehead atoms. The lowest BCUT2D eigenvalue weighted by atomic mass is 10.1. The molecule has 0 radical (unpaired) electrons. The predicted octanol–water partition coefficient (Wildman–Crippen LogP) is 8.89. The lowest BCUT2D eigenvalue weighted by Crippen LogP contribution is -2.05. The maximum atomic E-state index is 13.6. The highest BCUT2D eigenvalue weighted by Crippen LogP contribution is 2.44. The first-order valence-corrected chi connectivity index (χ1v) is 12.2. The van der Waals surface area contributed by atoms with E-state index in [1.165, 1.54) is 11.6 Å². The van der Waals surface area contributed by atoms with Crippen LogP contribution in [0.1, 0.15) is 42.0 Å². The Morgan fingerprint density at radius 1 is 1.11 bits per heavy atom. The molecule has 182 valence electrons. The molecular formula is C24H21Br2F3N6. The van der Waals surface area contributed by atoms with E-state index < -0.39 is 17.4 Å². The topological polar surface area (TPSA) is 99.4 Å². The summed E-state index contributed by atoms with van der Waals surface area (Å²) in [6.07, 6.45) is -1.53. The number of aromatic nitrogens is 1. The number of nitrogen functional groups attached to an aromatic ring is 1. The van der Waals surface area contributed by atoms with Crippen molar-refractivity contribution in [3.05, 3.63) is 67.6 Å². The van der Waals surface area contributed by atoms with Crippen LogP contribution in [-0.4, -0.2) is 4.98 Å². The lowest BCUT2D eigenvalue weighted by Gasteiger charge is -2.14. The third-order valence-corrected chi connectivity index (χ3v) is 6.24. The Labute approximate surface area is 217 Å². The SMILES string of the molecule is CCCCc1ccc(Nc2nc(N)c(C#N)c(C)c2/N=N/c2c(Br)cc(Br)cc2C(F)(F)F)cc1. The summed E-state index contributed by atoms with van der Waals surface area (Å²) in [6.45, 7) is 3.71. The molecule has 3 rings (SSSR count). The molecule has 11 heteroatoms. The van der Waals surface area contributed by atoms with Crippen molar-refractivity contribution in [1.82, 2.24) is 4.98 Å². The summed E-state index contributed by atoms with van der Waals surface area (Å²) >= 11 is 6.20. The zero-order valence-corrected chi connectivity index (χ0v) is 22.0. The van der Waals surface area contributed by atoms with Crippen molar-refractivity contribution in [2.24, 2.45) is 10.2 Å². The van der Waals surface area contributed by atoms with E-state index >= 15 is 0 Å². The average Bonchev–Trinajstić information content (AvgIpc) is 2.78. The number of nitrogens with zero attached hydrogens (tertiary/aromatic N) is 4. The Balaban J connectivity index is 2.08. The van der Waals surface area contributed by atoms with Crippen LogP contribution in [0, 0.1) is 18.3 Å². The molecule has 0 aliphatic carbocycles. The van der Waals surface area contributed by atoms with Gasteiger partial charge in [-0.1, -0.05) is 41.4 Å². The number of benzene rings is 2. The molecule has 0 saturated heterocycles. The third kappa shape index (κ3) is 6.38. The van der Waals surface area contributed by atoms with Gasteiger partial charge in [0.15, 0.2) is 5.82 Å². The van der Waals surface area contributed by atoms with E-state index in [0.717, 1.165) is 25.3 Å². The monoisotopic (exact) mass is 608 g/mol. The number of azo groups is 1. The van der Waals surface area contributed by atoms with Gasteiger partial charge in [0, 0.05) is 20.2 Å². The van der Waals surface area contributed by atoms with Gasteiger partial charge in [-0.05, 0) is 65.5 Å². The first-order chi connectivity index (χ1) is 16.5. The van der Waals surface area contributed by atoms with Crippen LogP contribution in [-0.2, 0) is 12.6 Å². The zero-order chi connectivity index (χ0) is 25.8. The van der Waals surface area contributed by atoms with Crippen molar-refractivity contribution in [2.75, 3.05) is 11.1 Å². The standard InChI is InChI=1S/C24H21Br2F3N6/c1-3-4-5-14-6-8-16(9-7-14)32-23-20(13(2)17(12-30)22(31)33-23)34-35-21-18(24(27,28)29)10-15(25)11-19(21)26/h6-11H,3-5H2,1-2H3,(H3,31,32,33)/b35-34+. The second kappa shape index (κ2) is 11.2. The van der Waals surface area contributed by atoms with Crippen molar-refractivity contribution in [3.63, 3.8) is 0 Å². The molecule has 0 unspecified atom stereocenters. The summed E-state index contributed by atoms with van der Waals surface area (Å²) in [4.78, 5) is 4.24. The third-order valence-electron chi connectivity index (χ3n) is 5.17. The van der Waals surface area contributed by atoms with E-state index in [9.17, 15) is 18.4 Å². The Bertz CT molecular complexity index is 1300. The summed E-state index contributed by atoms with van der Waals surface area (Å²) in [6, 6.07) is 12.0. The van der Waals surface area contributed by atoms with Crippen molar-refractivity contribution < 1.29 is 13.2 Å². The van der Waals surface area contributed by atoms with Crippen LogP contribution in [0.2, 0.25) is 0 Å². The number of rotatable bonds is 7.